The van der Waals surface area contributed by atoms with Gasteiger partial charge in [0.2, 0.25) is 0 Å². The van der Waals surface area contributed by atoms with Gasteiger partial charge in [0.15, 0.2) is 0 Å². The third-order valence-corrected chi connectivity index (χ3v) is 9.64. The zero-order chi connectivity index (χ0) is 41.0. The van der Waals surface area contributed by atoms with E-state index in [4.69, 9.17) is 35.5 Å². The van der Waals surface area contributed by atoms with E-state index >= 15 is 0 Å². The van der Waals surface area contributed by atoms with E-state index in [0.717, 1.165) is 89.7 Å². The smallest absolute Gasteiger partial charge is 0.389 e. The minimum absolute atomic E-state index is 0.0933. The van der Waals surface area contributed by atoms with Gasteiger partial charge in [0.05, 0.1) is 57.3 Å². The van der Waals surface area contributed by atoms with Gasteiger partial charge in [0, 0.05) is 31.6 Å². The number of carboxylic acid groups (broad SMARTS) is 1. The number of alkyl halides is 3. The van der Waals surface area contributed by atoms with Crippen molar-refractivity contribution in [3.63, 3.8) is 0 Å². The zero-order valence-electron chi connectivity index (χ0n) is 32.2. The summed E-state index contributed by atoms with van der Waals surface area (Å²) in [5.41, 5.74) is 14.8. The Bertz CT molecular complexity index is 1900. The highest BCUT2D eigenvalue weighted by molar-refractivity contribution is 6.01. The normalized spacial score (nSPS) is 14.9. The molecule has 5 N–H and O–H groups in total. The number of hydrogen-bond acceptors (Lipinski definition) is 8. The van der Waals surface area contributed by atoms with Crippen molar-refractivity contribution in [2.75, 3.05) is 46.3 Å². The fourth-order valence-corrected chi connectivity index (χ4v) is 6.79. The number of ether oxygens (including phenoxy) is 4. The fraction of sp³-hybridized carbons (Fsp3) is 0.429. The molecule has 0 aliphatic carbocycles. The lowest BCUT2D eigenvalue weighted by molar-refractivity contribution is -0.137. The molecular weight excluding hydrogens is 734 g/mol. The van der Waals surface area contributed by atoms with Crippen LogP contribution in [0, 0.1) is 12.7 Å². The van der Waals surface area contributed by atoms with E-state index in [1.54, 1.807) is 21.1 Å². The van der Waals surface area contributed by atoms with Crippen molar-refractivity contribution in [1.82, 2.24) is 4.90 Å². The Morgan fingerprint density at radius 1 is 0.964 bits per heavy atom. The zero-order valence-corrected chi connectivity index (χ0v) is 32.2. The standard InChI is InChI=1S/C30H35NO6.C8H9FN2O.C4H7F3/c1-34-27-15-20(17-37-23-11-13-31(14-12-23)22-18-36-19-22)16-28(35-2)30(27)26-8-4-6-24-21(9-10-29(32)33)5-3-7-25(24)26;1-4-2-5(10)3-6(9)7(4)8(11)12;1-2-3-4(5,6)7/h3-8,15-16,22-23H,9-14,17-19H2,1-2H3,(H,32,33);2-3H,10H2,1H3,(H2,11,12);2-3H2,1H3. The van der Waals surface area contributed by atoms with Crippen molar-refractivity contribution in [1.29, 1.82) is 0 Å². The number of anilines is 1. The van der Waals surface area contributed by atoms with Gasteiger partial charge in [-0.15, -0.1) is 0 Å². The maximum absolute atomic E-state index is 13.0. The first-order chi connectivity index (χ1) is 26.6. The molecule has 0 spiro atoms. The van der Waals surface area contributed by atoms with Crippen LogP contribution in [0.15, 0.2) is 60.7 Å². The van der Waals surface area contributed by atoms with Crippen LogP contribution in [-0.2, 0) is 27.3 Å². The molecule has 2 aliphatic rings. The van der Waals surface area contributed by atoms with Gasteiger partial charge in [-0.1, -0.05) is 43.3 Å². The second-order valence-corrected chi connectivity index (χ2v) is 13.7. The lowest BCUT2D eigenvalue weighted by Crippen LogP contribution is -2.52. The first kappa shape index (κ1) is 43.8. The number of fused-ring (bicyclic) bond motifs is 1. The van der Waals surface area contributed by atoms with Crippen LogP contribution in [0.3, 0.4) is 0 Å². The number of carbonyl (C=O) groups is 2. The number of rotatable bonds is 12. The number of halogens is 4. The molecule has 0 aromatic heterocycles. The summed E-state index contributed by atoms with van der Waals surface area (Å²) in [5, 5.41) is 11.2. The molecule has 1 amide bonds. The number of nitrogens with two attached hydrogens (primary N) is 2. The van der Waals surface area contributed by atoms with Crippen LogP contribution >= 0.6 is 0 Å². The number of hydrogen-bond donors (Lipinski definition) is 3. The van der Waals surface area contributed by atoms with Crippen LogP contribution in [0.25, 0.3) is 21.9 Å². The molecule has 2 aliphatic heterocycles. The van der Waals surface area contributed by atoms with E-state index in [0.29, 0.717) is 24.6 Å². The molecule has 6 rings (SSSR count). The highest BCUT2D eigenvalue weighted by Crippen LogP contribution is 2.43. The monoisotopic (exact) mass is 785 g/mol. The molecule has 2 fully saturated rings. The number of amides is 1. The Labute approximate surface area is 324 Å². The van der Waals surface area contributed by atoms with Gasteiger partial charge < -0.3 is 35.5 Å². The van der Waals surface area contributed by atoms with Gasteiger partial charge in [0.1, 0.15) is 17.3 Å². The minimum Gasteiger partial charge on any atom is -0.496 e. The molecule has 2 saturated heterocycles. The van der Waals surface area contributed by atoms with Crippen molar-refractivity contribution in [3.8, 4) is 22.6 Å². The molecule has 56 heavy (non-hydrogen) atoms. The van der Waals surface area contributed by atoms with Crippen LogP contribution in [0.5, 0.6) is 11.5 Å². The number of piperidine rings is 1. The third-order valence-electron chi connectivity index (χ3n) is 9.64. The second kappa shape index (κ2) is 20.3. The van der Waals surface area contributed by atoms with E-state index in [1.807, 2.05) is 36.4 Å². The maximum atomic E-state index is 13.0. The van der Waals surface area contributed by atoms with Crippen LogP contribution in [0.2, 0.25) is 0 Å². The second-order valence-electron chi connectivity index (χ2n) is 13.7. The number of nitrogen functional groups attached to an aromatic ring is 1. The van der Waals surface area contributed by atoms with E-state index in [9.17, 15) is 27.2 Å². The number of aliphatic carboxylic acids is 1. The third kappa shape index (κ3) is 12.0. The molecule has 0 radical (unpaired) electrons. The van der Waals surface area contributed by atoms with Crippen LogP contribution < -0.4 is 20.9 Å². The Morgan fingerprint density at radius 3 is 2.09 bits per heavy atom. The Kier molecular flexibility index (Phi) is 15.9. The molecular formula is C42H51F4N3O7. The van der Waals surface area contributed by atoms with Gasteiger partial charge in [-0.05, 0) is 89.9 Å². The molecule has 0 unspecified atom stereocenters. The quantitative estimate of drug-likeness (QED) is 0.0959. The molecule has 2 heterocycles. The SMILES string of the molecule is CCCC(F)(F)F.COc1cc(COC2CCN(C3COC3)CC2)cc(OC)c1-c1cccc2c(CCC(=O)O)cccc12.Cc1cc(N)cc(F)c1C(N)=O. The predicted octanol–water partition coefficient (Wildman–Crippen LogP) is 8.09. The summed E-state index contributed by atoms with van der Waals surface area (Å²) in [5.74, 6) is -0.791. The Balaban J connectivity index is 0.000000301. The van der Waals surface area contributed by atoms with Crippen molar-refractivity contribution in [2.45, 2.75) is 77.3 Å². The van der Waals surface area contributed by atoms with Crippen molar-refractivity contribution < 1.29 is 51.2 Å². The van der Waals surface area contributed by atoms with E-state index in [1.165, 1.54) is 13.0 Å². The number of carbonyl (C=O) groups excluding carboxylic acids is 1. The van der Waals surface area contributed by atoms with Crippen molar-refractivity contribution >= 4 is 28.3 Å². The topological polar surface area (TPSA) is 147 Å². The fourth-order valence-electron chi connectivity index (χ4n) is 6.79. The van der Waals surface area contributed by atoms with Crippen molar-refractivity contribution in [2.24, 2.45) is 5.73 Å². The first-order valence-corrected chi connectivity index (χ1v) is 18.5. The van der Waals surface area contributed by atoms with Gasteiger partial charge in [0.25, 0.3) is 5.91 Å². The highest BCUT2D eigenvalue weighted by atomic mass is 19.4. The van der Waals surface area contributed by atoms with E-state index in [-0.39, 0.29) is 30.2 Å². The average Bonchev–Trinajstić information content (AvgIpc) is 3.11. The average molecular weight is 786 g/mol. The number of carboxylic acids is 1. The Hall–Kier alpha value is -4.92. The molecule has 4 aromatic rings. The Morgan fingerprint density at radius 2 is 1.59 bits per heavy atom. The summed E-state index contributed by atoms with van der Waals surface area (Å²) >= 11 is 0. The summed E-state index contributed by atoms with van der Waals surface area (Å²) in [6.07, 6.45) is -1.54. The summed E-state index contributed by atoms with van der Waals surface area (Å²) in [7, 11) is 3.35. The molecule has 304 valence electrons. The van der Waals surface area contributed by atoms with Crippen LogP contribution in [0.4, 0.5) is 23.2 Å². The van der Waals surface area contributed by atoms with Crippen molar-refractivity contribution in [3.05, 3.63) is 88.7 Å². The van der Waals surface area contributed by atoms with E-state index < -0.39 is 30.3 Å². The molecule has 0 atom stereocenters. The molecule has 10 nitrogen and oxygen atoms in total. The molecule has 0 bridgehead atoms. The predicted molar refractivity (Wildman–Crippen MR) is 207 cm³/mol. The number of primary amides is 1. The maximum Gasteiger partial charge on any atom is 0.389 e. The molecule has 14 heteroatoms. The minimum atomic E-state index is -3.95. The number of aryl methyl sites for hydroxylation is 2. The van der Waals surface area contributed by atoms with Gasteiger partial charge in [-0.3, -0.25) is 14.5 Å². The lowest BCUT2D eigenvalue weighted by Gasteiger charge is -2.41. The summed E-state index contributed by atoms with van der Waals surface area (Å²) < 4.78 is 69.5. The van der Waals surface area contributed by atoms with Gasteiger partial charge in [-0.2, -0.15) is 13.2 Å². The van der Waals surface area contributed by atoms with Crippen LogP contribution in [0.1, 0.15) is 66.1 Å². The molecule has 4 aromatic carbocycles. The van der Waals surface area contributed by atoms with Crippen LogP contribution in [-0.4, -0.2) is 80.7 Å². The number of likely N-dealkylation sites (tertiary alicyclic amines) is 1. The first-order valence-electron chi connectivity index (χ1n) is 18.5. The van der Waals surface area contributed by atoms with Gasteiger partial charge >= 0.3 is 12.1 Å². The summed E-state index contributed by atoms with van der Waals surface area (Å²) in [4.78, 5) is 24.4. The van der Waals surface area contributed by atoms with E-state index in [2.05, 4.69) is 17.0 Å². The number of nitrogens with zero attached hydrogens (tertiary/aromatic N) is 1. The lowest BCUT2D eigenvalue weighted by atomic mass is 9.92. The number of methoxy groups -OCH3 is 2. The number of benzene rings is 4. The van der Waals surface area contributed by atoms with Gasteiger partial charge in [-0.25, -0.2) is 4.39 Å². The summed E-state index contributed by atoms with van der Waals surface area (Å²) in [6.45, 7) is 7.42. The summed E-state index contributed by atoms with van der Waals surface area (Å²) in [6, 6.07) is 19.4. The molecule has 0 saturated carbocycles. The highest BCUT2D eigenvalue weighted by Gasteiger charge is 2.30. The largest absolute Gasteiger partial charge is 0.496 e.